The second-order valence-corrected chi connectivity index (χ2v) is 4.72. The van der Waals surface area contributed by atoms with Crippen LogP contribution in [0.3, 0.4) is 0 Å². The summed E-state index contributed by atoms with van der Waals surface area (Å²) in [5.74, 6) is 1.61. The molecule has 1 saturated carbocycles. The Morgan fingerprint density at radius 3 is 2.46 bits per heavy atom. The maximum Gasteiger partial charge on any atom is 0.130 e. The van der Waals surface area contributed by atoms with Crippen molar-refractivity contribution >= 4 is 5.78 Å². The number of hydrogen-bond acceptors (Lipinski definition) is 2. The third-order valence-corrected chi connectivity index (χ3v) is 3.43. The molecule has 0 spiro atoms. The molecule has 1 aliphatic carbocycles. The molecule has 1 fully saturated rings. The first kappa shape index (κ1) is 10.7. The fourth-order valence-electron chi connectivity index (χ4n) is 2.39. The van der Waals surface area contributed by atoms with Gasteiger partial charge in [-0.3, -0.25) is 0 Å². The topological polar surface area (TPSA) is 26.3 Å². The molecule has 0 aromatic rings. The number of Topliss-reactive ketones (excluding diaryl/α,β-unsaturated/α-hetero) is 1. The Balaban J connectivity index is 2.36. The molecule has 0 radical (unpaired) electrons. The van der Waals surface area contributed by atoms with E-state index >= 15 is 0 Å². The Bertz CT molecular complexity index is 196. The molecule has 0 aromatic heterocycles. The zero-order valence-electron chi connectivity index (χ0n) is 9.09. The normalized spacial score (nSPS) is 30.2. The van der Waals surface area contributed by atoms with E-state index in [4.69, 9.17) is 4.74 Å². The fraction of sp³-hybridized carbons (Fsp3) is 0.909. The zero-order valence-corrected chi connectivity index (χ0v) is 9.09. The second-order valence-electron chi connectivity index (χ2n) is 4.72. The molecule has 0 heterocycles. The average molecular weight is 184 g/mol. The molecule has 0 saturated heterocycles. The highest BCUT2D eigenvalue weighted by Crippen LogP contribution is 2.61. The maximum absolute atomic E-state index is 11.0. The van der Waals surface area contributed by atoms with E-state index in [1.165, 1.54) is 0 Å². The molecule has 13 heavy (non-hydrogen) atoms. The van der Waals surface area contributed by atoms with E-state index in [0.29, 0.717) is 23.0 Å². The summed E-state index contributed by atoms with van der Waals surface area (Å²) < 4.78 is 5.05. The molecule has 0 N–H and O–H groups in total. The molecule has 0 unspecified atom stereocenters. The first-order chi connectivity index (χ1) is 6.00. The Kier molecular flexibility index (Phi) is 3.12. The number of carbonyl (C=O) groups is 1. The molecule has 1 aliphatic rings. The third-order valence-electron chi connectivity index (χ3n) is 3.43. The average Bonchev–Trinajstić information content (AvgIpc) is 2.49. The standard InChI is InChI=1S/C11H20O2/c1-8(12)7-10-9(5-6-13-4)11(10,2)3/h9-10H,5-7H2,1-4H3/t9-,10+/m1/s1. The van der Waals surface area contributed by atoms with Crippen LogP contribution in [-0.4, -0.2) is 19.5 Å². The van der Waals surface area contributed by atoms with Crippen LogP contribution in [0.1, 0.15) is 33.6 Å². The zero-order chi connectivity index (χ0) is 10.1. The summed E-state index contributed by atoms with van der Waals surface area (Å²) in [4.78, 5) is 11.0. The molecule has 0 aliphatic heterocycles. The van der Waals surface area contributed by atoms with E-state index < -0.39 is 0 Å². The van der Waals surface area contributed by atoms with E-state index in [0.717, 1.165) is 19.4 Å². The monoisotopic (exact) mass is 184 g/mol. The van der Waals surface area contributed by atoms with E-state index in [1.807, 2.05) is 0 Å². The van der Waals surface area contributed by atoms with Crippen LogP contribution in [0.15, 0.2) is 0 Å². The van der Waals surface area contributed by atoms with Gasteiger partial charge in [0.15, 0.2) is 0 Å². The van der Waals surface area contributed by atoms with Gasteiger partial charge in [0.05, 0.1) is 0 Å². The molecule has 1 rings (SSSR count). The van der Waals surface area contributed by atoms with E-state index in [1.54, 1.807) is 14.0 Å². The lowest BCUT2D eigenvalue weighted by Crippen LogP contribution is -1.96. The van der Waals surface area contributed by atoms with Crippen LogP contribution in [0.2, 0.25) is 0 Å². The van der Waals surface area contributed by atoms with Crippen molar-refractivity contribution in [3.8, 4) is 0 Å². The van der Waals surface area contributed by atoms with Gasteiger partial charge in [-0.2, -0.15) is 0 Å². The molecular weight excluding hydrogens is 164 g/mol. The summed E-state index contributed by atoms with van der Waals surface area (Å²) in [6, 6.07) is 0. The quantitative estimate of drug-likeness (QED) is 0.655. The number of carbonyl (C=O) groups excluding carboxylic acids is 1. The highest BCUT2D eigenvalue weighted by molar-refractivity contribution is 5.76. The second kappa shape index (κ2) is 3.79. The van der Waals surface area contributed by atoms with E-state index in [9.17, 15) is 4.79 Å². The number of rotatable bonds is 5. The Morgan fingerprint density at radius 2 is 2.00 bits per heavy atom. The minimum absolute atomic E-state index is 0.318. The van der Waals surface area contributed by atoms with Gasteiger partial charge in [0.25, 0.3) is 0 Å². The molecule has 2 atom stereocenters. The number of ketones is 1. The summed E-state index contributed by atoms with van der Waals surface area (Å²) in [5.41, 5.74) is 0.365. The van der Waals surface area contributed by atoms with Crippen LogP contribution in [0.5, 0.6) is 0 Å². The summed E-state index contributed by atoms with van der Waals surface area (Å²) in [6.07, 6.45) is 1.85. The first-order valence-electron chi connectivity index (χ1n) is 4.98. The summed E-state index contributed by atoms with van der Waals surface area (Å²) in [6.45, 7) is 7.01. The van der Waals surface area contributed by atoms with Crippen LogP contribution in [0.25, 0.3) is 0 Å². The van der Waals surface area contributed by atoms with Crippen LogP contribution in [0, 0.1) is 17.3 Å². The van der Waals surface area contributed by atoms with Crippen LogP contribution < -0.4 is 0 Å². The van der Waals surface area contributed by atoms with Gasteiger partial charge in [-0.1, -0.05) is 13.8 Å². The van der Waals surface area contributed by atoms with Crippen molar-refractivity contribution in [2.24, 2.45) is 17.3 Å². The summed E-state index contributed by atoms with van der Waals surface area (Å²) >= 11 is 0. The lowest BCUT2D eigenvalue weighted by molar-refractivity contribution is -0.117. The molecule has 2 nitrogen and oxygen atoms in total. The van der Waals surface area contributed by atoms with Crippen molar-refractivity contribution in [2.75, 3.05) is 13.7 Å². The lowest BCUT2D eigenvalue weighted by Gasteiger charge is -2.00. The lowest BCUT2D eigenvalue weighted by atomic mass is 10.1. The van der Waals surface area contributed by atoms with Crippen LogP contribution >= 0.6 is 0 Å². The molecular formula is C11H20O2. The largest absolute Gasteiger partial charge is 0.385 e. The van der Waals surface area contributed by atoms with Crippen LogP contribution in [-0.2, 0) is 9.53 Å². The van der Waals surface area contributed by atoms with Crippen molar-refractivity contribution in [3.05, 3.63) is 0 Å². The maximum atomic E-state index is 11.0. The van der Waals surface area contributed by atoms with Crippen molar-refractivity contribution in [1.82, 2.24) is 0 Å². The highest BCUT2D eigenvalue weighted by atomic mass is 16.5. The Hall–Kier alpha value is -0.370. The third kappa shape index (κ3) is 2.31. The van der Waals surface area contributed by atoms with Crippen molar-refractivity contribution in [2.45, 2.75) is 33.6 Å². The Morgan fingerprint density at radius 1 is 1.38 bits per heavy atom. The van der Waals surface area contributed by atoms with Gasteiger partial charge < -0.3 is 9.53 Å². The van der Waals surface area contributed by atoms with Crippen LogP contribution in [0.4, 0.5) is 0 Å². The predicted octanol–water partition coefficient (Wildman–Crippen LogP) is 2.27. The van der Waals surface area contributed by atoms with Crippen molar-refractivity contribution in [1.29, 1.82) is 0 Å². The first-order valence-corrected chi connectivity index (χ1v) is 4.98. The minimum Gasteiger partial charge on any atom is -0.385 e. The number of ether oxygens (including phenoxy) is 1. The fourth-order valence-corrected chi connectivity index (χ4v) is 2.39. The molecule has 0 aromatic carbocycles. The van der Waals surface area contributed by atoms with Gasteiger partial charge in [0, 0.05) is 20.1 Å². The van der Waals surface area contributed by atoms with Gasteiger partial charge in [0.1, 0.15) is 5.78 Å². The molecule has 2 heteroatoms. The number of hydrogen-bond donors (Lipinski definition) is 0. The Labute approximate surface area is 80.7 Å². The van der Waals surface area contributed by atoms with Crippen molar-refractivity contribution < 1.29 is 9.53 Å². The van der Waals surface area contributed by atoms with Gasteiger partial charge in [0.2, 0.25) is 0 Å². The van der Waals surface area contributed by atoms with Crippen molar-refractivity contribution in [3.63, 3.8) is 0 Å². The van der Waals surface area contributed by atoms with Gasteiger partial charge in [-0.15, -0.1) is 0 Å². The SMILES string of the molecule is COCC[C@@H]1[C@H](CC(C)=O)C1(C)C. The van der Waals surface area contributed by atoms with Gasteiger partial charge in [-0.25, -0.2) is 0 Å². The van der Waals surface area contributed by atoms with E-state index in [2.05, 4.69) is 13.8 Å². The predicted molar refractivity (Wildman–Crippen MR) is 52.6 cm³/mol. The summed E-state index contributed by atoms with van der Waals surface area (Å²) in [5, 5.41) is 0. The number of methoxy groups -OCH3 is 1. The van der Waals surface area contributed by atoms with Gasteiger partial charge in [-0.05, 0) is 30.6 Å². The smallest absolute Gasteiger partial charge is 0.130 e. The molecule has 0 amide bonds. The molecule has 0 bridgehead atoms. The van der Waals surface area contributed by atoms with E-state index in [-0.39, 0.29) is 0 Å². The molecule has 76 valence electrons. The summed E-state index contributed by atoms with van der Waals surface area (Å²) in [7, 11) is 1.73. The van der Waals surface area contributed by atoms with Gasteiger partial charge >= 0.3 is 0 Å². The highest BCUT2D eigenvalue weighted by Gasteiger charge is 2.56. The minimum atomic E-state index is 0.318.